The van der Waals surface area contributed by atoms with Crippen molar-refractivity contribution in [1.82, 2.24) is 0 Å². The first kappa shape index (κ1) is 17.9. The second-order valence-electron chi connectivity index (χ2n) is 5.47. The zero-order valence-corrected chi connectivity index (χ0v) is 15.0. The van der Waals surface area contributed by atoms with Crippen LogP contribution in [0.3, 0.4) is 0 Å². The summed E-state index contributed by atoms with van der Waals surface area (Å²) in [6, 6.07) is 10.2. The highest BCUT2D eigenvalue weighted by Gasteiger charge is 2.19. The van der Waals surface area contributed by atoms with Gasteiger partial charge in [-0.15, -0.1) is 0 Å². The van der Waals surface area contributed by atoms with Gasteiger partial charge in [0.1, 0.15) is 0 Å². The second-order valence-corrected chi connectivity index (χ2v) is 7.15. The molecule has 6 nitrogen and oxygen atoms in total. The molecule has 130 valence electrons. The maximum absolute atomic E-state index is 12.7. The van der Waals surface area contributed by atoms with Gasteiger partial charge in [-0.3, -0.25) is 4.72 Å². The molecule has 0 aromatic heterocycles. The zero-order valence-electron chi connectivity index (χ0n) is 14.2. The van der Waals surface area contributed by atoms with Gasteiger partial charge in [0.05, 0.1) is 22.0 Å². The van der Waals surface area contributed by atoms with Crippen molar-refractivity contribution >= 4 is 32.8 Å². The van der Waals surface area contributed by atoms with E-state index >= 15 is 0 Å². The predicted molar refractivity (Wildman–Crippen MR) is 101 cm³/mol. The topological polar surface area (TPSA) is 96.2 Å². The van der Waals surface area contributed by atoms with Gasteiger partial charge in [-0.25, -0.2) is 8.42 Å². The van der Waals surface area contributed by atoms with E-state index in [0.717, 1.165) is 5.56 Å². The number of benzene rings is 2. The Morgan fingerprint density at radius 1 is 0.958 bits per heavy atom. The number of hydrogen-bond acceptors (Lipinski definition) is 5. The summed E-state index contributed by atoms with van der Waals surface area (Å²) in [5.41, 5.74) is 9.23. The molecule has 0 amide bonds. The molecule has 0 unspecified atom stereocenters. The highest BCUT2D eigenvalue weighted by Crippen LogP contribution is 2.35. The molecule has 0 saturated heterocycles. The van der Waals surface area contributed by atoms with Crippen molar-refractivity contribution in [2.45, 2.75) is 25.7 Å². The molecule has 2 aromatic carbocycles. The minimum Gasteiger partial charge on any atom is -0.399 e. The van der Waals surface area contributed by atoms with Gasteiger partial charge < -0.3 is 16.4 Å². The van der Waals surface area contributed by atoms with Gasteiger partial charge in [-0.1, -0.05) is 17.7 Å². The van der Waals surface area contributed by atoms with Crippen LogP contribution in [0.15, 0.2) is 41.3 Å². The molecule has 0 fully saturated rings. The smallest absolute Gasteiger partial charge is 0.262 e. The third kappa shape index (κ3) is 4.11. The normalized spacial score (nSPS) is 11.1. The molecule has 0 saturated carbocycles. The van der Waals surface area contributed by atoms with Crippen LogP contribution in [0.5, 0.6) is 0 Å². The number of sulfonamides is 1. The fraction of sp³-hybridized carbons (Fsp3) is 0.294. The minimum absolute atomic E-state index is 0.217. The summed E-state index contributed by atoms with van der Waals surface area (Å²) >= 11 is 0. The number of nitrogens with two attached hydrogens (primary N) is 1. The van der Waals surface area contributed by atoms with Gasteiger partial charge in [-0.2, -0.15) is 0 Å². The molecule has 0 heterocycles. The zero-order chi connectivity index (χ0) is 17.7. The Kier molecular flexibility index (Phi) is 5.56. The number of hydrogen-bond donors (Lipinski definition) is 4. The molecule has 0 atom stereocenters. The first-order chi connectivity index (χ1) is 11.4. The van der Waals surface area contributed by atoms with E-state index < -0.39 is 10.0 Å². The Labute approximate surface area is 143 Å². The molecule has 0 aliphatic carbocycles. The van der Waals surface area contributed by atoms with Gasteiger partial charge in [0.2, 0.25) is 0 Å². The van der Waals surface area contributed by atoms with E-state index in [4.69, 9.17) is 5.73 Å². The average Bonchev–Trinajstić information content (AvgIpc) is 2.51. The quantitative estimate of drug-likeness (QED) is 0.576. The Morgan fingerprint density at radius 3 is 1.92 bits per heavy atom. The lowest BCUT2D eigenvalue weighted by Gasteiger charge is -2.19. The van der Waals surface area contributed by atoms with Crippen LogP contribution in [-0.2, 0) is 10.0 Å². The Hall–Kier alpha value is -2.41. The maximum atomic E-state index is 12.7. The van der Waals surface area contributed by atoms with Gasteiger partial charge in [0, 0.05) is 18.8 Å². The number of aryl methyl sites for hydroxylation is 1. The van der Waals surface area contributed by atoms with E-state index in [1.807, 2.05) is 20.8 Å². The molecule has 5 N–H and O–H groups in total. The summed E-state index contributed by atoms with van der Waals surface area (Å²) in [6.45, 7) is 7.08. The largest absolute Gasteiger partial charge is 0.399 e. The number of anilines is 4. The lowest BCUT2D eigenvalue weighted by atomic mass is 10.2. The maximum Gasteiger partial charge on any atom is 0.262 e. The summed E-state index contributed by atoms with van der Waals surface area (Å²) in [5.74, 6) is 0. The standard InChI is InChI=1S/C17H24N4O2S/c1-4-19-15-10-13(18)11-16(20-5-2)17(15)21-24(22,23)14-8-6-12(3)7-9-14/h6-11,19-21H,4-5,18H2,1-3H3. The van der Waals surface area contributed by atoms with Crippen LogP contribution in [0.1, 0.15) is 19.4 Å². The molecule has 0 aliphatic rings. The SMILES string of the molecule is CCNc1cc(N)cc(NCC)c1NS(=O)(=O)c1ccc(C)cc1. The number of rotatable bonds is 7. The molecule has 2 rings (SSSR count). The van der Waals surface area contributed by atoms with E-state index in [0.29, 0.717) is 35.8 Å². The van der Waals surface area contributed by atoms with Crippen molar-refractivity contribution in [2.75, 3.05) is 34.2 Å². The summed E-state index contributed by atoms with van der Waals surface area (Å²) in [6.07, 6.45) is 0. The van der Waals surface area contributed by atoms with Gasteiger partial charge >= 0.3 is 0 Å². The number of nitrogens with one attached hydrogen (secondary N) is 3. The third-order valence-corrected chi connectivity index (χ3v) is 4.83. The summed E-state index contributed by atoms with van der Waals surface area (Å²) in [7, 11) is -3.70. The minimum atomic E-state index is -3.70. The second kappa shape index (κ2) is 7.44. The summed E-state index contributed by atoms with van der Waals surface area (Å²) < 4.78 is 28.1. The lowest BCUT2D eigenvalue weighted by molar-refractivity contribution is 0.601. The van der Waals surface area contributed by atoms with Crippen molar-refractivity contribution in [1.29, 1.82) is 0 Å². The van der Waals surface area contributed by atoms with Crippen LogP contribution in [0.2, 0.25) is 0 Å². The lowest BCUT2D eigenvalue weighted by Crippen LogP contribution is -2.16. The number of nitrogen functional groups attached to an aromatic ring is 1. The summed E-state index contributed by atoms with van der Waals surface area (Å²) in [5, 5.41) is 6.30. The van der Waals surface area contributed by atoms with Crippen molar-refractivity contribution in [3.63, 3.8) is 0 Å². The van der Waals surface area contributed by atoms with Crippen molar-refractivity contribution in [3.05, 3.63) is 42.0 Å². The fourth-order valence-corrected chi connectivity index (χ4v) is 3.45. The predicted octanol–water partition coefficient (Wildman–Crippen LogP) is 3.24. The monoisotopic (exact) mass is 348 g/mol. The van der Waals surface area contributed by atoms with Crippen LogP contribution in [0.4, 0.5) is 22.7 Å². The molecular formula is C17H24N4O2S. The van der Waals surface area contributed by atoms with Crippen LogP contribution in [0.25, 0.3) is 0 Å². The van der Waals surface area contributed by atoms with Crippen molar-refractivity contribution < 1.29 is 8.42 Å². The molecule has 24 heavy (non-hydrogen) atoms. The van der Waals surface area contributed by atoms with E-state index in [1.165, 1.54) is 0 Å². The van der Waals surface area contributed by atoms with Crippen LogP contribution < -0.4 is 21.1 Å². The average molecular weight is 348 g/mol. The van der Waals surface area contributed by atoms with Crippen molar-refractivity contribution in [3.8, 4) is 0 Å². The van der Waals surface area contributed by atoms with Crippen molar-refractivity contribution in [2.24, 2.45) is 0 Å². The van der Waals surface area contributed by atoms with Gasteiger partial charge in [-0.05, 0) is 45.0 Å². The van der Waals surface area contributed by atoms with E-state index in [2.05, 4.69) is 15.4 Å². The van der Waals surface area contributed by atoms with Gasteiger partial charge in [0.25, 0.3) is 10.0 Å². The molecule has 7 heteroatoms. The highest BCUT2D eigenvalue weighted by molar-refractivity contribution is 7.92. The fourth-order valence-electron chi connectivity index (χ4n) is 2.34. The Bertz CT molecular complexity index is 775. The molecule has 0 bridgehead atoms. The first-order valence-corrected chi connectivity index (χ1v) is 9.36. The van der Waals surface area contributed by atoms with Crippen LogP contribution in [0, 0.1) is 6.92 Å². The van der Waals surface area contributed by atoms with Crippen LogP contribution >= 0.6 is 0 Å². The first-order valence-electron chi connectivity index (χ1n) is 7.88. The highest BCUT2D eigenvalue weighted by atomic mass is 32.2. The molecule has 2 aromatic rings. The molecule has 0 aliphatic heterocycles. The van der Waals surface area contributed by atoms with E-state index in [-0.39, 0.29) is 4.90 Å². The molecule has 0 spiro atoms. The molecule has 0 radical (unpaired) electrons. The third-order valence-electron chi connectivity index (χ3n) is 3.46. The molecular weight excluding hydrogens is 324 g/mol. The Balaban J connectivity index is 2.48. The van der Waals surface area contributed by atoms with E-state index in [1.54, 1.807) is 36.4 Å². The summed E-state index contributed by atoms with van der Waals surface area (Å²) in [4.78, 5) is 0.217. The Morgan fingerprint density at radius 2 is 1.46 bits per heavy atom. The van der Waals surface area contributed by atoms with E-state index in [9.17, 15) is 8.42 Å². The van der Waals surface area contributed by atoms with Gasteiger partial charge in [0.15, 0.2) is 0 Å². The van der Waals surface area contributed by atoms with Crippen LogP contribution in [-0.4, -0.2) is 21.5 Å².